The van der Waals surface area contributed by atoms with Crippen LogP contribution in [0.1, 0.15) is 20.8 Å². The maximum atomic E-state index is 4.31. The molecular weight excluding hydrogens is 249 g/mol. The van der Waals surface area contributed by atoms with E-state index in [1.54, 1.807) is 0 Å². The van der Waals surface area contributed by atoms with Crippen molar-refractivity contribution in [2.75, 3.05) is 0 Å². The van der Waals surface area contributed by atoms with Gasteiger partial charge in [-0.15, -0.1) is 0 Å². The standard InChI is InChI=1S/C4H9.C3H2NS.Sn.2H/c1-4(2)3;1-2-5-3-4-1;;;/h1-3H3;1-2H;;;. The third-order valence-corrected chi connectivity index (χ3v) is 8.61. The van der Waals surface area contributed by atoms with Crippen LogP contribution in [0, 0.1) is 0 Å². The van der Waals surface area contributed by atoms with Gasteiger partial charge in [0.1, 0.15) is 0 Å². The zero-order chi connectivity index (χ0) is 7.61. The molecule has 10 heavy (non-hydrogen) atoms. The number of thiazole rings is 1. The average molecular weight is 262 g/mol. The summed E-state index contributed by atoms with van der Waals surface area (Å²) in [6.07, 6.45) is 1.92. The molecule has 0 aliphatic carbocycles. The Bertz CT molecular complexity index is 188. The normalized spacial score (nSPS) is 13.1. The molecule has 0 radical (unpaired) electrons. The zero-order valence-corrected chi connectivity index (χ0v) is 11.6. The molecule has 0 amide bonds. The first-order chi connectivity index (χ1) is 4.58. The molecule has 0 saturated carbocycles. The Morgan fingerprint density at radius 2 is 2.20 bits per heavy atom. The Labute approximate surface area is 76.1 Å². The second-order valence-corrected chi connectivity index (χ2v) is 15.1. The number of hydrogen-bond acceptors (Lipinski definition) is 2. The van der Waals surface area contributed by atoms with Crippen LogP contribution in [-0.2, 0) is 0 Å². The summed E-state index contributed by atoms with van der Waals surface area (Å²) >= 11 is 1.09. The van der Waals surface area contributed by atoms with Gasteiger partial charge in [0.25, 0.3) is 0 Å². The summed E-state index contributed by atoms with van der Waals surface area (Å²) in [5.74, 6) is 0. The van der Waals surface area contributed by atoms with Crippen molar-refractivity contribution < 1.29 is 0 Å². The number of rotatable bonds is 1. The van der Waals surface area contributed by atoms with Gasteiger partial charge in [-0.25, -0.2) is 0 Å². The fourth-order valence-electron chi connectivity index (χ4n) is 0.794. The summed E-state index contributed by atoms with van der Waals surface area (Å²) in [7, 11) is 0. The molecule has 0 aliphatic heterocycles. The van der Waals surface area contributed by atoms with Gasteiger partial charge in [0, 0.05) is 0 Å². The molecular formula is C7H13NSSn. The fraction of sp³-hybridized carbons (Fsp3) is 0.571. The Hall–Kier alpha value is 0.429. The minimum atomic E-state index is -0.744. The Morgan fingerprint density at radius 3 is 2.60 bits per heavy atom. The molecule has 1 aromatic heterocycles. The van der Waals surface area contributed by atoms with E-state index in [-0.39, 0.29) is 0 Å². The second kappa shape index (κ2) is 3.22. The molecule has 0 atom stereocenters. The molecule has 0 saturated heterocycles. The van der Waals surface area contributed by atoms with Crippen LogP contribution < -0.4 is 3.02 Å². The van der Waals surface area contributed by atoms with Crippen molar-refractivity contribution in [3.05, 3.63) is 11.6 Å². The summed E-state index contributed by atoms with van der Waals surface area (Å²) in [4.78, 5) is 4.31. The fourth-order valence-corrected chi connectivity index (χ4v) is 8.87. The van der Waals surface area contributed by atoms with Crippen molar-refractivity contribution in [2.24, 2.45) is 0 Å². The van der Waals surface area contributed by atoms with Gasteiger partial charge in [0.05, 0.1) is 0 Å². The maximum absolute atomic E-state index is 4.31. The van der Waals surface area contributed by atoms with Gasteiger partial charge in [0.2, 0.25) is 0 Å². The summed E-state index contributed by atoms with van der Waals surface area (Å²) < 4.78 is 2.04. The second-order valence-electron chi connectivity index (χ2n) is 3.66. The van der Waals surface area contributed by atoms with Gasteiger partial charge in [-0.1, -0.05) is 0 Å². The van der Waals surface area contributed by atoms with Crippen LogP contribution in [0.15, 0.2) is 11.6 Å². The molecule has 1 heterocycles. The topological polar surface area (TPSA) is 12.9 Å². The minimum absolute atomic E-state index is 0.583. The Morgan fingerprint density at radius 1 is 1.50 bits per heavy atom. The van der Waals surface area contributed by atoms with Crippen LogP contribution in [0.5, 0.6) is 0 Å². The van der Waals surface area contributed by atoms with E-state index in [1.165, 1.54) is 3.02 Å². The molecule has 56 valence electrons. The molecule has 3 heteroatoms. The predicted octanol–water partition coefficient (Wildman–Crippen LogP) is 1.16. The van der Waals surface area contributed by atoms with Gasteiger partial charge in [-0.2, -0.15) is 0 Å². The molecule has 0 aromatic carbocycles. The van der Waals surface area contributed by atoms with Crippen molar-refractivity contribution in [3.8, 4) is 0 Å². The van der Waals surface area contributed by atoms with Crippen molar-refractivity contribution in [1.29, 1.82) is 0 Å². The number of nitrogens with zero attached hydrogens (tertiary/aromatic N) is 1. The average Bonchev–Trinajstić information content (AvgIpc) is 2.12. The molecule has 1 nitrogen and oxygen atoms in total. The van der Waals surface area contributed by atoms with E-state index in [0.29, 0.717) is 3.43 Å². The zero-order valence-electron chi connectivity index (χ0n) is 6.72. The van der Waals surface area contributed by atoms with Crippen LogP contribution in [0.25, 0.3) is 0 Å². The first kappa shape index (κ1) is 8.52. The van der Waals surface area contributed by atoms with E-state index in [9.17, 15) is 0 Å². The van der Waals surface area contributed by atoms with Crippen LogP contribution in [0.2, 0.25) is 3.43 Å². The van der Waals surface area contributed by atoms with Crippen molar-refractivity contribution in [1.82, 2.24) is 4.98 Å². The number of aromatic nitrogens is 1. The van der Waals surface area contributed by atoms with Crippen LogP contribution in [0.3, 0.4) is 0 Å². The van der Waals surface area contributed by atoms with E-state index < -0.39 is 21.1 Å². The van der Waals surface area contributed by atoms with E-state index in [2.05, 4.69) is 31.1 Å². The van der Waals surface area contributed by atoms with E-state index >= 15 is 0 Å². The summed E-state index contributed by atoms with van der Waals surface area (Å²) in [6.45, 7) is 6.97. The van der Waals surface area contributed by atoms with Crippen molar-refractivity contribution >= 4 is 35.5 Å². The number of hydrogen-bond donors (Lipinski definition) is 0. The molecule has 0 fully saturated rings. The van der Waals surface area contributed by atoms with Gasteiger partial charge < -0.3 is 0 Å². The first-order valence-electron chi connectivity index (χ1n) is 3.46. The van der Waals surface area contributed by atoms with E-state index in [0.717, 1.165) is 0 Å². The van der Waals surface area contributed by atoms with Gasteiger partial charge in [-0.05, 0) is 0 Å². The van der Waals surface area contributed by atoms with Crippen LogP contribution >= 0.6 is 11.3 Å². The predicted molar refractivity (Wildman–Crippen MR) is 50.0 cm³/mol. The summed E-state index contributed by atoms with van der Waals surface area (Å²) in [6, 6.07) is 0. The molecule has 0 N–H and O–H groups in total. The molecule has 1 aromatic rings. The molecule has 1 rings (SSSR count). The van der Waals surface area contributed by atoms with Crippen LogP contribution in [-0.4, -0.2) is 26.1 Å². The Balaban J connectivity index is 2.57. The third kappa shape index (κ3) is 3.01. The van der Waals surface area contributed by atoms with E-state index in [1.807, 2.05) is 17.5 Å². The third-order valence-electron chi connectivity index (χ3n) is 1.17. The van der Waals surface area contributed by atoms with Gasteiger partial charge >= 0.3 is 76.3 Å². The Kier molecular flexibility index (Phi) is 2.74. The molecule has 0 bridgehead atoms. The monoisotopic (exact) mass is 263 g/mol. The summed E-state index contributed by atoms with van der Waals surface area (Å²) in [5.41, 5.74) is 0. The van der Waals surface area contributed by atoms with Gasteiger partial charge in [0.15, 0.2) is 0 Å². The quantitative estimate of drug-likeness (QED) is 0.692. The molecule has 0 unspecified atom stereocenters. The summed E-state index contributed by atoms with van der Waals surface area (Å²) in [5, 5.41) is 2.08. The molecule has 0 spiro atoms. The SMILES string of the molecule is C[C](C)(C)[SnH2][c]1nccs1. The van der Waals surface area contributed by atoms with Crippen molar-refractivity contribution in [3.63, 3.8) is 0 Å². The van der Waals surface area contributed by atoms with E-state index in [4.69, 9.17) is 0 Å². The molecule has 0 aliphatic rings. The van der Waals surface area contributed by atoms with Crippen molar-refractivity contribution in [2.45, 2.75) is 24.2 Å². The van der Waals surface area contributed by atoms with Crippen LogP contribution in [0.4, 0.5) is 0 Å². The van der Waals surface area contributed by atoms with Gasteiger partial charge in [-0.3, -0.25) is 0 Å². The first-order valence-corrected chi connectivity index (χ1v) is 8.38.